The summed E-state index contributed by atoms with van der Waals surface area (Å²) in [6.45, 7) is 1.60. The predicted molar refractivity (Wildman–Crippen MR) is 89.9 cm³/mol. The first kappa shape index (κ1) is 17.5. The van der Waals surface area contributed by atoms with Crippen LogP contribution in [0.5, 0.6) is 0 Å². The van der Waals surface area contributed by atoms with Crippen molar-refractivity contribution in [3.8, 4) is 0 Å². The van der Waals surface area contributed by atoms with Crippen molar-refractivity contribution < 1.29 is 14.7 Å². The zero-order valence-corrected chi connectivity index (χ0v) is 13.7. The Balaban J connectivity index is 1.73. The van der Waals surface area contributed by atoms with Gasteiger partial charge in [-0.15, -0.1) is 0 Å². The minimum absolute atomic E-state index is 0.0440. The number of aliphatic hydroxyl groups excluding tert-OH is 1. The Bertz CT molecular complexity index is 537. The molecule has 0 spiro atoms. The molecule has 1 aromatic carbocycles. The van der Waals surface area contributed by atoms with Crippen LogP contribution in [0.15, 0.2) is 24.3 Å². The number of hydrogen-bond donors (Lipinski definition) is 3. The molecular weight excluding hydrogens is 292 g/mol. The number of amides is 2. The molecular formula is C18H26N2O3. The van der Waals surface area contributed by atoms with Gasteiger partial charge < -0.3 is 15.7 Å². The Morgan fingerprint density at radius 3 is 2.61 bits per heavy atom. The molecule has 1 atom stereocenters. The average molecular weight is 318 g/mol. The van der Waals surface area contributed by atoms with Gasteiger partial charge in [-0.25, -0.2) is 0 Å². The first-order valence-electron chi connectivity index (χ1n) is 8.40. The van der Waals surface area contributed by atoms with Gasteiger partial charge in [-0.2, -0.15) is 0 Å². The maximum Gasteiger partial charge on any atom is 0.243 e. The Labute approximate surface area is 137 Å². The molecule has 0 aromatic heterocycles. The fourth-order valence-electron chi connectivity index (χ4n) is 3.07. The van der Waals surface area contributed by atoms with Crippen LogP contribution in [0.1, 0.15) is 57.1 Å². The van der Waals surface area contributed by atoms with Gasteiger partial charge in [-0.05, 0) is 25.3 Å². The first-order valence-corrected chi connectivity index (χ1v) is 8.40. The Kier molecular flexibility index (Phi) is 6.59. The van der Waals surface area contributed by atoms with Crippen LogP contribution >= 0.6 is 0 Å². The summed E-state index contributed by atoms with van der Waals surface area (Å²) in [6, 6.07) is 7.10. The molecule has 3 N–H and O–H groups in total. The predicted octanol–water partition coefficient (Wildman–Crippen LogP) is 2.77. The smallest absolute Gasteiger partial charge is 0.243 e. The number of aliphatic hydroxyl groups is 1. The minimum atomic E-state index is -0.660. The zero-order chi connectivity index (χ0) is 16.7. The lowest BCUT2D eigenvalue weighted by molar-refractivity contribution is -0.124. The molecule has 1 aliphatic rings. The van der Waals surface area contributed by atoms with Crippen molar-refractivity contribution in [3.63, 3.8) is 0 Å². The molecule has 0 radical (unpaired) electrons. The molecule has 0 saturated heterocycles. The SMILES string of the molecule is CC(O)c1ccccc1NC(=O)CNC(=O)CCC1CCCC1. The van der Waals surface area contributed by atoms with E-state index in [0.717, 1.165) is 6.42 Å². The Hall–Kier alpha value is -1.88. The van der Waals surface area contributed by atoms with Crippen molar-refractivity contribution in [2.24, 2.45) is 5.92 Å². The highest BCUT2D eigenvalue weighted by Crippen LogP contribution is 2.28. The topological polar surface area (TPSA) is 78.4 Å². The van der Waals surface area contributed by atoms with E-state index in [-0.39, 0.29) is 18.4 Å². The second-order valence-electron chi connectivity index (χ2n) is 6.28. The van der Waals surface area contributed by atoms with Gasteiger partial charge in [0.05, 0.1) is 12.6 Å². The number of rotatable bonds is 7. The summed E-state index contributed by atoms with van der Waals surface area (Å²) in [5.74, 6) is 0.315. The van der Waals surface area contributed by atoms with Crippen LogP contribution in [-0.2, 0) is 9.59 Å². The molecule has 1 aromatic rings. The van der Waals surface area contributed by atoms with Gasteiger partial charge >= 0.3 is 0 Å². The number of nitrogens with one attached hydrogen (secondary N) is 2. The fourth-order valence-corrected chi connectivity index (χ4v) is 3.07. The molecule has 0 bridgehead atoms. The van der Waals surface area contributed by atoms with E-state index in [4.69, 9.17) is 0 Å². The molecule has 2 amide bonds. The van der Waals surface area contributed by atoms with Crippen molar-refractivity contribution in [3.05, 3.63) is 29.8 Å². The standard InChI is InChI=1S/C18H26N2O3/c1-13(21)15-8-4-5-9-16(15)20-18(23)12-19-17(22)11-10-14-6-2-3-7-14/h4-5,8-9,13-14,21H,2-3,6-7,10-12H2,1H3,(H,19,22)(H,20,23). The lowest BCUT2D eigenvalue weighted by atomic mass is 10.0. The van der Waals surface area contributed by atoms with Crippen molar-refractivity contribution in [2.45, 2.75) is 51.6 Å². The third-order valence-corrected chi connectivity index (χ3v) is 4.39. The number of benzene rings is 1. The van der Waals surface area contributed by atoms with E-state index in [0.29, 0.717) is 23.6 Å². The largest absolute Gasteiger partial charge is 0.389 e. The van der Waals surface area contributed by atoms with E-state index in [1.807, 2.05) is 6.07 Å². The highest BCUT2D eigenvalue weighted by molar-refractivity contribution is 5.95. The summed E-state index contributed by atoms with van der Waals surface area (Å²) in [5, 5.41) is 15.1. The third kappa shape index (κ3) is 5.67. The molecule has 1 aliphatic carbocycles. The number of anilines is 1. The highest BCUT2D eigenvalue weighted by Gasteiger charge is 2.16. The van der Waals surface area contributed by atoms with Crippen molar-refractivity contribution in [1.82, 2.24) is 5.32 Å². The molecule has 1 saturated carbocycles. The number of para-hydroxylation sites is 1. The van der Waals surface area contributed by atoms with E-state index >= 15 is 0 Å². The summed E-state index contributed by atoms with van der Waals surface area (Å²) in [7, 11) is 0. The van der Waals surface area contributed by atoms with E-state index in [9.17, 15) is 14.7 Å². The maximum atomic E-state index is 11.9. The molecule has 5 heteroatoms. The van der Waals surface area contributed by atoms with Crippen molar-refractivity contribution in [1.29, 1.82) is 0 Å². The van der Waals surface area contributed by atoms with Crippen LogP contribution in [0.3, 0.4) is 0 Å². The molecule has 1 fully saturated rings. The lowest BCUT2D eigenvalue weighted by Crippen LogP contribution is -2.33. The first-order chi connectivity index (χ1) is 11.1. The van der Waals surface area contributed by atoms with E-state index in [1.54, 1.807) is 25.1 Å². The molecule has 5 nitrogen and oxygen atoms in total. The van der Waals surface area contributed by atoms with Gasteiger partial charge in [-0.1, -0.05) is 43.9 Å². The molecule has 0 aliphatic heterocycles. The van der Waals surface area contributed by atoms with Crippen LogP contribution in [0.25, 0.3) is 0 Å². The van der Waals surface area contributed by atoms with Crippen LogP contribution < -0.4 is 10.6 Å². The molecule has 0 heterocycles. The normalized spacial score (nSPS) is 16.1. The van der Waals surface area contributed by atoms with Gasteiger partial charge in [0, 0.05) is 17.7 Å². The number of carbonyl (C=O) groups excluding carboxylic acids is 2. The van der Waals surface area contributed by atoms with Gasteiger partial charge in [0.1, 0.15) is 0 Å². The molecule has 2 rings (SSSR count). The quantitative estimate of drug-likeness (QED) is 0.723. The van der Waals surface area contributed by atoms with Crippen LogP contribution in [0.4, 0.5) is 5.69 Å². The van der Waals surface area contributed by atoms with Crippen LogP contribution in [-0.4, -0.2) is 23.5 Å². The maximum absolute atomic E-state index is 11.9. The van der Waals surface area contributed by atoms with Crippen molar-refractivity contribution >= 4 is 17.5 Å². The van der Waals surface area contributed by atoms with E-state index in [2.05, 4.69) is 10.6 Å². The zero-order valence-electron chi connectivity index (χ0n) is 13.7. The van der Waals surface area contributed by atoms with Gasteiger partial charge in [-0.3, -0.25) is 9.59 Å². The van der Waals surface area contributed by atoms with Gasteiger partial charge in [0.25, 0.3) is 0 Å². The van der Waals surface area contributed by atoms with E-state index in [1.165, 1.54) is 25.7 Å². The van der Waals surface area contributed by atoms with Crippen molar-refractivity contribution in [2.75, 3.05) is 11.9 Å². The monoisotopic (exact) mass is 318 g/mol. The Morgan fingerprint density at radius 2 is 1.91 bits per heavy atom. The number of hydrogen-bond acceptors (Lipinski definition) is 3. The number of carbonyl (C=O) groups is 2. The van der Waals surface area contributed by atoms with E-state index < -0.39 is 6.10 Å². The summed E-state index contributed by atoms with van der Waals surface area (Å²) >= 11 is 0. The Morgan fingerprint density at radius 1 is 1.22 bits per heavy atom. The summed E-state index contributed by atoms with van der Waals surface area (Å²) in [6.07, 6.45) is 5.75. The summed E-state index contributed by atoms with van der Waals surface area (Å²) < 4.78 is 0. The lowest BCUT2D eigenvalue weighted by Gasteiger charge is -2.13. The second kappa shape index (κ2) is 8.67. The highest BCUT2D eigenvalue weighted by atomic mass is 16.3. The average Bonchev–Trinajstić information content (AvgIpc) is 3.04. The van der Waals surface area contributed by atoms with Crippen LogP contribution in [0.2, 0.25) is 0 Å². The van der Waals surface area contributed by atoms with Gasteiger partial charge in [0.15, 0.2) is 0 Å². The summed E-state index contributed by atoms with van der Waals surface area (Å²) in [5.41, 5.74) is 1.24. The third-order valence-electron chi connectivity index (χ3n) is 4.39. The molecule has 126 valence electrons. The second-order valence-corrected chi connectivity index (χ2v) is 6.28. The van der Waals surface area contributed by atoms with Crippen LogP contribution in [0, 0.1) is 5.92 Å². The summed E-state index contributed by atoms with van der Waals surface area (Å²) in [4.78, 5) is 23.7. The van der Waals surface area contributed by atoms with Gasteiger partial charge in [0.2, 0.25) is 11.8 Å². The fraction of sp³-hybridized carbons (Fsp3) is 0.556. The molecule has 23 heavy (non-hydrogen) atoms. The minimum Gasteiger partial charge on any atom is -0.389 e. The molecule has 1 unspecified atom stereocenters.